The highest BCUT2D eigenvalue weighted by Gasteiger charge is 2.27. The van der Waals surface area contributed by atoms with Crippen molar-refractivity contribution in [1.29, 1.82) is 0 Å². The first kappa shape index (κ1) is 18.3. The monoisotopic (exact) mass is 375 g/mol. The molecule has 0 spiro atoms. The Morgan fingerprint density at radius 3 is 2.79 bits per heavy atom. The molecule has 0 aromatic carbocycles. The molecule has 6 nitrogen and oxygen atoms in total. The van der Waals surface area contributed by atoms with Gasteiger partial charge in [-0.2, -0.15) is 0 Å². The quantitative estimate of drug-likeness (QED) is 0.664. The first-order chi connectivity index (χ1) is 13.8. The van der Waals surface area contributed by atoms with Crippen molar-refractivity contribution in [3.8, 4) is 0 Å². The highest BCUT2D eigenvalue weighted by atomic mass is 16.2. The highest BCUT2D eigenvalue weighted by Crippen LogP contribution is 2.26. The van der Waals surface area contributed by atoms with Crippen molar-refractivity contribution < 1.29 is 4.79 Å². The Hall–Kier alpha value is -3.02. The third-order valence-corrected chi connectivity index (χ3v) is 5.32. The summed E-state index contributed by atoms with van der Waals surface area (Å²) < 4.78 is 2.16. The largest absolute Gasteiger partial charge is 0.342 e. The fourth-order valence-electron chi connectivity index (χ4n) is 3.85. The third-order valence-electron chi connectivity index (χ3n) is 5.32. The Bertz CT molecular complexity index is 894. The number of imidazole rings is 1. The summed E-state index contributed by atoms with van der Waals surface area (Å²) >= 11 is 0. The summed E-state index contributed by atoms with van der Waals surface area (Å²) in [6.45, 7) is 2.30. The van der Waals surface area contributed by atoms with E-state index >= 15 is 0 Å². The van der Waals surface area contributed by atoms with Crippen molar-refractivity contribution in [2.24, 2.45) is 0 Å². The summed E-state index contributed by atoms with van der Waals surface area (Å²) in [5.41, 5.74) is 2.17. The van der Waals surface area contributed by atoms with Crippen molar-refractivity contribution >= 4 is 5.91 Å². The van der Waals surface area contributed by atoms with Crippen LogP contribution in [-0.4, -0.2) is 43.4 Å². The lowest BCUT2D eigenvalue weighted by Crippen LogP contribution is -2.39. The molecule has 0 N–H and O–H groups in total. The molecule has 1 aliphatic rings. The molecule has 0 radical (unpaired) electrons. The predicted octanol–water partition coefficient (Wildman–Crippen LogP) is 3.06. The van der Waals surface area contributed by atoms with Crippen LogP contribution in [0.15, 0.2) is 61.3 Å². The van der Waals surface area contributed by atoms with E-state index in [4.69, 9.17) is 0 Å². The zero-order valence-electron chi connectivity index (χ0n) is 15.9. The molecule has 28 heavy (non-hydrogen) atoms. The fraction of sp³-hybridized carbons (Fsp3) is 0.364. The second-order valence-corrected chi connectivity index (χ2v) is 7.27. The van der Waals surface area contributed by atoms with Crippen LogP contribution in [0.4, 0.5) is 0 Å². The van der Waals surface area contributed by atoms with Gasteiger partial charge in [0.2, 0.25) is 5.91 Å². The molecule has 1 atom stereocenters. The summed E-state index contributed by atoms with van der Waals surface area (Å²) in [6, 6.07) is 9.90. The molecular weight excluding hydrogens is 350 g/mol. The van der Waals surface area contributed by atoms with Gasteiger partial charge in [-0.3, -0.25) is 14.8 Å². The Morgan fingerprint density at radius 1 is 1.07 bits per heavy atom. The van der Waals surface area contributed by atoms with Crippen molar-refractivity contribution in [3.63, 3.8) is 0 Å². The number of piperidine rings is 1. The van der Waals surface area contributed by atoms with Gasteiger partial charge in [0.15, 0.2) is 0 Å². The molecule has 6 heteroatoms. The van der Waals surface area contributed by atoms with Gasteiger partial charge >= 0.3 is 0 Å². The van der Waals surface area contributed by atoms with E-state index in [2.05, 4.69) is 19.5 Å². The van der Waals surface area contributed by atoms with E-state index in [1.165, 1.54) is 0 Å². The number of rotatable bonds is 6. The zero-order chi connectivity index (χ0) is 19.2. The van der Waals surface area contributed by atoms with Crippen LogP contribution in [0.25, 0.3) is 0 Å². The SMILES string of the molecule is O=C(CCc1ccncc1)N1CCC[C@H](c2nccn2Cc2ccccn2)C1. The molecule has 4 heterocycles. The molecular formula is C22H25N5O. The number of hydrogen-bond donors (Lipinski definition) is 0. The second-order valence-electron chi connectivity index (χ2n) is 7.27. The number of pyridine rings is 2. The number of likely N-dealkylation sites (tertiary alicyclic amines) is 1. The summed E-state index contributed by atoms with van der Waals surface area (Å²) in [7, 11) is 0. The molecule has 0 saturated carbocycles. The van der Waals surface area contributed by atoms with E-state index in [9.17, 15) is 4.79 Å². The summed E-state index contributed by atoms with van der Waals surface area (Å²) in [4.78, 5) is 27.8. The van der Waals surface area contributed by atoms with Crippen LogP contribution in [0.3, 0.4) is 0 Å². The van der Waals surface area contributed by atoms with E-state index in [-0.39, 0.29) is 11.8 Å². The van der Waals surface area contributed by atoms with Gasteiger partial charge < -0.3 is 9.47 Å². The number of amides is 1. The van der Waals surface area contributed by atoms with Gasteiger partial charge in [-0.15, -0.1) is 0 Å². The average molecular weight is 375 g/mol. The van der Waals surface area contributed by atoms with E-state index in [0.717, 1.165) is 49.4 Å². The topological polar surface area (TPSA) is 63.9 Å². The lowest BCUT2D eigenvalue weighted by molar-refractivity contribution is -0.132. The minimum atomic E-state index is 0.226. The predicted molar refractivity (Wildman–Crippen MR) is 107 cm³/mol. The van der Waals surface area contributed by atoms with Gasteiger partial charge in [0.1, 0.15) is 5.82 Å². The maximum atomic E-state index is 12.7. The van der Waals surface area contributed by atoms with Crippen molar-refractivity contribution in [3.05, 3.63) is 78.4 Å². The lowest BCUT2D eigenvalue weighted by Gasteiger charge is -2.33. The molecule has 4 rings (SSSR count). The fourth-order valence-corrected chi connectivity index (χ4v) is 3.85. The van der Waals surface area contributed by atoms with Gasteiger partial charge in [0.25, 0.3) is 0 Å². The molecule has 1 fully saturated rings. The smallest absolute Gasteiger partial charge is 0.222 e. The molecule has 0 unspecified atom stereocenters. The van der Waals surface area contributed by atoms with E-state index in [1.807, 2.05) is 53.8 Å². The Labute approximate surface area is 165 Å². The third kappa shape index (κ3) is 4.44. The number of hydrogen-bond acceptors (Lipinski definition) is 4. The summed E-state index contributed by atoms with van der Waals surface area (Å²) in [6.07, 6.45) is 12.6. The number of nitrogens with zero attached hydrogens (tertiary/aromatic N) is 5. The summed E-state index contributed by atoms with van der Waals surface area (Å²) in [5, 5.41) is 0. The highest BCUT2D eigenvalue weighted by molar-refractivity contribution is 5.76. The van der Waals surface area contributed by atoms with Gasteiger partial charge in [0, 0.05) is 56.4 Å². The maximum Gasteiger partial charge on any atom is 0.222 e. The van der Waals surface area contributed by atoms with Gasteiger partial charge in [-0.25, -0.2) is 4.98 Å². The normalized spacial score (nSPS) is 16.9. The van der Waals surface area contributed by atoms with Crippen LogP contribution >= 0.6 is 0 Å². The van der Waals surface area contributed by atoms with Crippen molar-refractivity contribution in [2.75, 3.05) is 13.1 Å². The maximum absolute atomic E-state index is 12.7. The van der Waals surface area contributed by atoms with Crippen LogP contribution in [0.1, 0.15) is 42.3 Å². The van der Waals surface area contributed by atoms with Crippen LogP contribution < -0.4 is 0 Å². The van der Waals surface area contributed by atoms with Crippen LogP contribution in [-0.2, 0) is 17.8 Å². The Morgan fingerprint density at radius 2 is 1.96 bits per heavy atom. The molecule has 1 aliphatic heterocycles. The number of carbonyl (C=O) groups is 1. The standard InChI is InChI=1S/C22H25N5O/c28-21(7-6-18-8-11-23-12-9-18)26-14-3-4-19(16-26)22-25-13-15-27(22)17-20-5-1-2-10-24-20/h1-2,5,8-13,15,19H,3-4,6-7,14,16-17H2/t19-/m0/s1. The molecule has 144 valence electrons. The number of aromatic nitrogens is 4. The Kier molecular flexibility index (Phi) is 5.75. The summed E-state index contributed by atoms with van der Waals surface area (Å²) in [5.74, 6) is 1.55. The number of aryl methyl sites for hydroxylation is 1. The second kappa shape index (κ2) is 8.78. The molecule has 1 amide bonds. The first-order valence-corrected chi connectivity index (χ1v) is 9.87. The van der Waals surface area contributed by atoms with Crippen LogP contribution in [0, 0.1) is 0 Å². The number of carbonyl (C=O) groups excluding carboxylic acids is 1. The van der Waals surface area contributed by atoms with Gasteiger partial charge in [-0.1, -0.05) is 6.07 Å². The van der Waals surface area contributed by atoms with E-state index in [0.29, 0.717) is 13.0 Å². The van der Waals surface area contributed by atoms with Crippen molar-refractivity contribution in [2.45, 2.75) is 38.1 Å². The van der Waals surface area contributed by atoms with Crippen LogP contribution in [0.2, 0.25) is 0 Å². The minimum Gasteiger partial charge on any atom is -0.342 e. The van der Waals surface area contributed by atoms with Crippen LogP contribution in [0.5, 0.6) is 0 Å². The van der Waals surface area contributed by atoms with E-state index in [1.54, 1.807) is 12.4 Å². The molecule has 3 aromatic rings. The molecule has 0 aliphatic carbocycles. The van der Waals surface area contributed by atoms with Crippen molar-refractivity contribution in [1.82, 2.24) is 24.4 Å². The molecule has 3 aromatic heterocycles. The van der Waals surface area contributed by atoms with Gasteiger partial charge in [0.05, 0.1) is 12.2 Å². The van der Waals surface area contributed by atoms with E-state index < -0.39 is 0 Å². The molecule has 0 bridgehead atoms. The minimum absolute atomic E-state index is 0.226. The average Bonchev–Trinajstić information content (AvgIpc) is 3.22. The Balaban J connectivity index is 1.39. The lowest BCUT2D eigenvalue weighted by atomic mass is 9.96. The molecule has 1 saturated heterocycles. The van der Waals surface area contributed by atoms with Gasteiger partial charge in [-0.05, 0) is 49.1 Å². The first-order valence-electron chi connectivity index (χ1n) is 9.87. The zero-order valence-corrected chi connectivity index (χ0v) is 15.9.